The molecule has 3 rings (SSSR count). The van der Waals surface area contributed by atoms with Crippen LogP contribution < -0.4 is 20.9 Å². The molecule has 22 heavy (non-hydrogen) atoms. The van der Waals surface area contributed by atoms with E-state index in [1.807, 2.05) is 12.1 Å². The molecule has 0 unspecified atom stereocenters. The Morgan fingerprint density at radius 3 is 2.32 bits per heavy atom. The van der Waals surface area contributed by atoms with Crippen LogP contribution in [0.4, 0.5) is 11.4 Å². The van der Waals surface area contributed by atoms with E-state index in [1.54, 1.807) is 43.5 Å². The lowest BCUT2D eigenvalue weighted by atomic mass is 9.98. The summed E-state index contributed by atoms with van der Waals surface area (Å²) in [4.78, 5) is 23.8. The molecule has 0 bridgehead atoms. The van der Waals surface area contributed by atoms with Crippen LogP contribution in [0.1, 0.15) is 0 Å². The summed E-state index contributed by atoms with van der Waals surface area (Å²) in [5.41, 5.74) is 0.902. The third-order valence-electron chi connectivity index (χ3n) is 3.41. The number of benzene rings is 2. The molecule has 0 atom stereocenters. The van der Waals surface area contributed by atoms with Crippen LogP contribution in [0, 0.1) is 0 Å². The van der Waals surface area contributed by atoms with Gasteiger partial charge in [-0.3, -0.25) is 9.59 Å². The molecule has 0 aliphatic rings. The highest BCUT2D eigenvalue weighted by atomic mass is 35.5. The summed E-state index contributed by atoms with van der Waals surface area (Å²) in [6.07, 6.45) is 0. The van der Waals surface area contributed by atoms with E-state index in [2.05, 4.69) is 5.32 Å². The Labute approximate surface area is 131 Å². The van der Waals surface area contributed by atoms with Gasteiger partial charge in [0.15, 0.2) is 0 Å². The maximum absolute atomic E-state index is 11.9. The zero-order chi connectivity index (χ0) is 15.7. The molecule has 0 aliphatic heterocycles. The first-order chi connectivity index (χ1) is 10.6. The van der Waals surface area contributed by atoms with E-state index >= 15 is 0 Å². The molecule has 3 aromatic carbocycles. The van der Waals surface area contributed by atoms with Gasteiger partial charge in [-0.15, -0.1) is 0 Å². The predicted molar refractivity (Wildman–Crippen MR) is 88.1 cm³/mol. The average Bonchev–Trinajstić information content (AvgIpc) is 2.56. The molecule has 4 nitrogen and oxygen atoms in total. The number of rotatable bonds is 4. The van der Waals surface area contributed by atoms with Crippen LogP contribution in [-0.4, -0.2) is 7.11 Å². The van der Waals surface area contributed by atoms with Crippen molar-refractivity contribution in [2.75, 3.05) is 12.4 Å². The van der Waals surface area contributed by atoms with Gasteiger partial charge in [-0.25, -0.2) is 0 Å². The molecule has 0 fully saturated rings. The normalized spacial score (nSPS) is 10.6. The van der Waals surface area contributed by atoms with Crippen molar-refractivity contribution in [2.24, 2.45) is 0 Å². The van der Waals surface area contributed by atoms with Crippen molar-refractivity contribution in [1.29, 1.82) is 0 Å². The maximum Gasteiger partial charge on any atom is 0.250 e. The van der Waals surface area contributed by atoms with Crippen LogP contribution in [0.5, 0.6) is 5.75 Å². The van der Waals surface area contributed by atoms with Gasteiger partial charge < -0.3 is 10.1 Å². The lowest BCUT2D eigenvalue weighted by Gasteiger charge is -2.15. The Bertz CT molecular complexity index is 893. The van der Waals surface area contributed by atoms with E-state index < -0.39 is 10.9 Å². The van der Waals surface area contributed by atoms with E-state index in [0.29, 0.717) is 27.6 Å². The molecular formula is C17H12ClNO3. The molecule has 0 saturated carbocycles. The monoisotopic (exact) mass is 313 g/mol. The number of methoxy groups -OCH3 is 1. The van der Waals surface area contributed by atoms with Crippen molar-refractivity contribution in [3.8, 4) is 16.9 Å². The Kier molecular flexibility index (Phi) is 3.69. The molecule has 0 amide bonds. The Morgan fingerprint density at radius 1 is 0.955 bits per heavy atom. The van der Waals surface area contributed by atoms with Gasteiger partial charge in [-0.05, 0) is 29.8 Å². The van der Waals surface area contributed by atoms with Crippen LogP contribution in [0.2, 0.25) is 5.02 Å². The number of para-hydroxylation sites is 2. The fourth-order valence-electron chi connectivity index (χ4n) is 2.29. The molecule has 1 N–H and O–H groups in total. The highest BCUT2D eigenvalue weighted by Crippen LogP contribution is 2.31. The number of hydrogen-bond donors (Lipinski definition) is 1. The summed E-state index contributed by atoms with van der Waals surface area (Å²) in [6.45, 7) is 0. The van der Waals surface area contributed by atoms with Crippen LogP contribution >= 0.6 is 11.6 Å². The topological polar surface area (TPSA) is 55.4 Å². The first kappa shape index (κ1) is 14.4. The average molecular weight is 314 g/mol. The van der Waals surface area contributed by atoms with Gasteiger partial charge >= 0.3 is 0 Å². The minimum Gasteiger partial charge on any atom is -0.495 e. The van der Waals surface area contributed by atoms with Gasteiger partial charge in [0.25, 0.3) is 5.43 Å². The highest BCUT2D eigenvalue weighted by Gasteiger charge is 2.23. The number of nitrogens with one attached hydrogen (secondary N) is 1. The summed E-state index contributed by atoms with van der Waals surface area (Å²) >= 11 is 5.85. The molecule has 5 heteroatoms. The van der Waals surface area contributed by atoms with E-state index in [0.717, 1.165) is 0 Å². The fraction of sp³-hybridized carbons (Fsp3) is 0.0588. The van der Waals surface area contributed by atoms with Crippen LogP contribution in [-0.2, 0) is 0 Å². The lowest BCUT2D eigenvalue weighted by Crippen LogP contribution is -2.35. The molecular weight excluding hydrogens is 302 g/mol. The predicted octanol–water partition coefficient (Wildman–Crippen LogP) is 3.36. The molecule has 0 aromatic heterocycles. The number of hydrogen-bond acceptors (Lipinski definition) is 4. The van der Waals surface area contributed by atoms with Gasteiger partial charge in [0.05, 0.1) is 18.4 Å². The van der Waals surface area contributed by atoms with E-state index in [9.17, 15) is 9.59 Å². The highest BCUT2D eigenvalue weighted by molar-refractivity contribution is 6.30. The number of anilines is 2. The zero-order valence-electron chi connectivity index (χ0n) is 11.7. The molecule has 0 saturated heterocycles. The zero-order valence-corrected chi connectivity index (χ0v) is 12.5. The van der Waals surface area contributed by atoms with Crippen LogP contribution in [0.3, 0.4) is 0 Å². The Balaban J connectivity index is 2.03. The minimum atomic E-state index is -0.532. The van der Waals surface area contributed by atoms with Crippen LogP contribution in [0.15, 0.2) is 58.1 Å². The largest absolute Gasteiger partial charge is 0.495 e. The first-order valence-electron chi connectivity index (χ1n) is 6.61. The SMILES string of the molecule is COc1ccccc1Nc1c(-c2ccc(Cl)cc2)c(=O)c1=O. The Hall–Kier alpha value is -2.59. The fourth-order valence-corrected chi connectivity index (χ4v) is 2.41. The standard InChI is InChI=1S/C17H12ClNO3/c1-22-13-5-3-2-4-12(13)19-15-14(16(20)17(15)21)10-6-8-11(18)9-7-10/h2-9,19H,1H3. The van der Waals surface area contributed by atoms with Crippen molar-refractivity contribution in [1.82, 2.24) is 0 Å². The van der Waals surface area contributed by atoms with Gasteiger partial charge in [0.1, 0.15) is 11.4 Å². The molecule has 0 radical (unpaired) electrons. The molecule has 3 aromatic rings. The van der Waals surface area contributed by atoms with Crippen molar-refractivity contribution < 1.29 is 4.74 Å². The first-order valence-corrected chi connectivity index (χ1v) is 6.99. The summed E-state index contributed by atoms with van der Waals surface area (Å²) in [6, 6.07) is 14.0. The third kappa shape index (κ3) is 2.38. The second-order valence-electron chi connectivity index (χ2n) is 4.74. The van der Waals surface area contributed by atoms with E-state index in [-0.39, 0.29) is 5.69 Å². The maximum atomic E-state index is 11.9. The van der Waals surface area contributed by atoms with E-state index in [4.69, 9.17) is 16.3 Å². The molecule has 0 heterocycles. The van der Waals surface area contributed by atoms with Crippen LogP contribution in [0.25, 0.3) is 11.1 Å². The van der Waals surface area contributed by atoms with Gasteiger partial charge in [-0.1, -0.05) is 35.9 Å². The second kappa shape index (κ2) is 5.66. The minimum absolute atomic E-state index is 0.275. The number of halogens is 1. The smallest absolute Gasteiger partial charge is 0.250 e. The summed E-state index contributed by atoms with van der Waals surface area (Å²) in [5, 5.41) is 3.56. The second-order valence-corrected chi connectivity index (χ2v) is 5.18. The summed E-state index contributed by atoms with van der Waals surface area (Å²) in [7, 11) is 1.54. The van der Waals surface area contributed by atoms with Gasteiger partial charge in [0, 0.05) is 5.02 Å². The quantitative estimate of drug-likeness (QED) is 0.750. The third-order valence-corrected chi connectivity index (χ3v) is 3.66. The summed E-state index contributed by atoms with van der Waals surface area (Å²) in [5.74, 6) is 0.595. The van der Waals surface area contributed by atoms with Gasteiger partial charge in [0.2, 0.25) is 5.43 Å². The summed E-state index contributed by atoms with van der Waals surface area (Å²) < 4.78 is 5.23. The van der Waals surface area contributed by atoms with Gasteiger partial charge in [-0.2, -0.15) is 0 Å². The lowest BCUT2D eigenvalue weighted by molar-refractivity contribution is 0.417. The van der Waals surface area contributed by atoms with Crippen molar-refractivity contribution >= 4 is 23.0 Å². The Morgan fingerprint density at radius 2 is 1.64 bits per heavy atom. The molecule has 0 aliphatic carbocycles. The van der Waals surface area contributed by atoms with Crippen molar-refractivity contribution in [3.63, 3.8) is 0 Å². The molecule has 110 valence electrons. The van der Waals surface area contributed by atoms with Crippen molar-refractivity contribution in [3.05, 3.63) is 74.0 Å². The van der Waals surface area contributed by atoms with Crippen molar-refractivity contribution in [2.45, 2.75) is 0 Å². The number of ether oxygens (including phenoxy) is 1. The van der Waals surface area contributed by atoms with E-state index in [1.165, 1.54) is 0 Å². The molecule has 0 spiro atoms.